The molecule has 712 valence electrons. The number of nitrogens with two attached hydrogens (primary N) is 9. The molecule has 13 amide bonds. The Morgan fingerprint density at radius 1 is 0.415 bits per heavy atom. The van der Waals surface area contributed by atoms with E-state index in [2.05, 4.69) is 82.7 Å². The number of amides is 13. The average Bonchev–Trinajstić information content (AvgIpc) is 1.68. The van der Waals surface area contributed by atoms with Crippen LogP contribution in [-0.2, 0) is 43.2 Å². The number of urea groups is 4. The molecular weight excluding hydrogens is 1730 g/mol. The Balaban J connectivity index is 0.000000426. The number of nitrogens with zero attached hydrogens (tertiary/aromatic N) is 10. The summed E-state index contributed by atoms with van der Waals surface area (Å²) >= 11 is 0. The molecule has 0 unspecified atom stereocenters. The van der Waals surface area contributed by atoms with Crippen LogP contribution in [0.1, 0.15) is 188 Å². The number of carboxylic acid groups (broad SMARTS) is 4. The third kappa shape index (κ3) is 37.3. The Kier molecular flexibility index (Phi) is 46.7. The van der Waals surface area contributed by atoms with Gasteiger partial charge in [0, 0.05) is 12.0 Å². The van der Waals surface area contributed by atoms with Crippen molar-refractivity contribution in [3.05, 3.63) is 126 Å². The number of aromatic nitrogens is 10. The molecule has 36 N–H and O–H groups in total. The van der Waals surface area contributed by atoms with Crippen molar-refractivity contribution in [2.24, 2.45) is 51.6 Å². The van der Waals surface area contributed by atoms with Gasteiger partial charge in [-0.1, -0.05) is 116 Å². The zero-order valence-electron chi connectivity index (χ0n) is 69.4. The lowest BCUT2D eigenvalue weighted by atomic mass is 10.0. The number of carbonyl (C=O) groups is 13. The second-order valence-corrected chi connectivity index (χ2v) is 27.4. The minimum Gasteiger partial charge on any atom is -0.496 e. The van der Waals surface area contributed by atoms with Crippen molar-refractivity contribution in [3.8, 4) is 39.7 Å². The fraction of sp³-hybridized carbons (Fsp3) is 0.446. The molecule has 8 rings (SSSR count). The SMILES string of the molecule is C.CCCCC[C@H](NC(=O)N[C@@H](CC(N)=O)c1nnc(-c2ccccc2OC)o1)C(=O)O.C[C@@H](O)[C@H](N)c1nnc([C@H](CCC(N)=O)NC(=O)N[C@@H](CO)C(=O)O)o1.C[C@@H](O)[C@H](NC(=O)N[C@@H](CC(N)=O)c1nc(-c2ccc(-c3ccccc3)cc2)no1)C(=O)O.NC(=O)C[C@H](N)c1nc([C@@H](N)CO)no1.NC(=O)C[C@H](NC(=O)N[C@@H](CO)C(=O)O)c1nc([C@@H](N)CO)no1. The van der Waals surface area contributed by atoms with Gasteiger partial charge >= 0.3 is 48.0 Å². The molecule has 0 fully saturated rings. The first-order valence-corrected chi connectivity index (χ1v) is 38.5. The summed E-state index contributed by atoms with van der Waals surface area (Å²) in [4.78, 5) is 160. The Morgan fingerprint density at radius 3 is 1.30 bits per heavy atom. The van der Waals surface area contributed by atoms with Crippen LogP contribution in [0.5, 0.6) is 5.75 Å². The molecule has 56 nitrogen and oxygen atoms in total. The third-order valence-electron chi connectivity index (χ3n) is 17.1. The molecule has 0 spiro atoms. The molecule has 0 bridgehead atoms. The molecule has 0 aliphatic heterocycles. The van der Waals surface area contributed by atoms with Crippen molar-refractivity contribution >= 4 is 77.5 Å². The second-order valence-electron chi connectivity index (χ2n) is 27.4. The van der Waals surface area contributed by atoms with Gasteiger partial charge in [0.2, 0.25) is 70.7 Å². The number of aliphatic hydroxyl groups is 6. The van der Waals surface area contributed by atoms with Gasteiger partial charge in [0.15, 0.2) is 29.8 Å². The summed E-state index contributed by atoms with van der Waals surface area (Å²) in [5, 5.41) is 135. The summed E-state index contributed by atoms with van der Waals surface area (Å²) in [6.45, 7) is 2.23. The van der Waals surface area contributed by atoms with Crippen molar-refractivity contribution < 1.29 is 141 Å². The number of benzene rings is 3. The van der Waals surface area contributed by atoms with Crippen molar-refractivity contribution in [2.45, 2.75) is 177 Å². The van der Waals surface area contributed by atoms with E-state index in [4.69, 9.17) is 114 Å². The maximum absolute atomic E-state index is 12.4. The summed E-state index contributed by atoms with van der Waals surface area (Å²) in [6, 6.07) is 7.21. The van der Waals surface area contributed by atoms with Gasteiger partial charge in [0.05, 0.1) is 95.1 Å². The maximum atomic E-state index is 12.4. The van der Waals surface area contributed by atoms with Crippen LogP contribution >= 0.6 is 0 Å². The Hall–Kier alpha value is -14.9. The normalized spacial score (nSPS) is 13.9. The van der Waals surface area contributed by atoms with E-state index in [0.717, 1.165) is 24.0 Å². The first-order chi connectivity index (χ1) is 61.1. The van der Waals surface area contributed by atoms with Gasteiger partial charge in [-0.3, -0.25) is 24.0 Å². The lowest BCUT2D eigenvalue weighted by Crippen LogP contribution is -2.52. The Morgan fingerprint density at radius 2 is 0.838 bits per heavy atom. The van der Waals surface area contributed by atoms with Gasteiger partial charge in [-0.25, -0.2) is 38.4 Å². The molecule has 0 saturated heterocycles. The first-order valence-electron chi connectivity index (χ1n) is 38.5. The summed E-state index contributed by atoms with van der Waals surface area (Å²) < 4.78 is 31.1. The van der Waals surface area contributed by atoms with Crippen molar-refractivity contribution in [1.29, 1.82) is 0 Å². The van der Waals surface area contributed by atoms with Crippen LogP contribution in [0.15, 0.2) is 101 Å². The fourth-order valence-corrected chi connectivity index (χ4v) is 10.3. The molecule has 5 heterocycles. The number of ether oxygens (including phenoxy) is 1. The predicted octanol–water partition coefficient (Wildman–Crippen LogP) is -3.75. The lowest BCUT2D eigenvalue weighted by molar-refractivity contribution is -0.142. The number of hydrogen-bond acceptors (Lipinski definition) is 39. The molecule has 130 heavy (non-hydrogen) atoms. The summed E-state index contributed by atoms with van der Waals surface area (Å²) in [5.74, 6) is -8.42. The average molecular weight is 1840 g/mol. The highest BCUT2D eigenvalue weighted by Crippen LogP contribution is 2.31. The van der Waals surface area contributed by atoms with Crippen LogP contribution in [0.25, 0.3) is 34.0 Å². The van der Waals surface area contributed by atoms with E-state index >= 15 is 0 Å². The van der Waals surface area contributed by atoms with Gasteiger partial charge in [-0.05, 0) is 49.9 Å². The number of hydrogen-bond donors (Lipinski definition) is 27. The molecule has 0 radical (unpaired) electrons. The van der Waals surface area contributed by atoms with Crippen molar-refractivity contribution in [3.63, 3.8) is 0 Å². The number of carbonyl (C=O) groups excluding carboxylic acids is 9. The van der Waals surface area contributed by atoms with Gasteiger partial charge in [0.25, 0.3) is 5.89 Å². The number of carboxylic acids is 4. The Bertz CT molecular complexity index is 4930. The van der Waals surface area contributed by atoms with Crippen LogP contribution in [0.4, 0.5) is 19.2 Å². The third-order valence-corrected chi connectivity index (χ3v) is 17.1. The van der Waals surface area contributed by atoms with E-state index in [1.807, 2.05) is 60.0 Å². The van der Waals surface area contributed by atoms with Crippen LogP contribution < -0.4 is 98.9 Å². The number of nitrogens with one attached hydrogen (secondary N) is 8. The lowest BCUT2D eigenvalue weighted by Gasteiger charge is -2.19. The minimum absolute atomic E-state index is 0. The zero-order valence-corrected chi connectivity index (χ0v) is 69.4. The smallest absolute Gasteiger partial charge is 0.328 e. The van der Waals surface area contributed by atoms with Gasteiger partial charge < -0.3 is 172 Å². The molecule has 0 saturated carbocycles. The molecule has 8 aromatic rings. The van der Waals surface area contributed by atoms with Crippen molar-refractivity contribution in [2.75, 3.05) is 33.5 Å². The largest absolute Gasteiger partial charge is 0.496 e. The Labute approximate surface area is 736 Å². The summed E-state index contributed by atoms with van der Waals surface area (Å²) in [7, 11) is 1.50. The highest BCUT2D eigenvalue weighted by atomic mass is 16.5. The van der Waals surface area contributed by atoms with Gasteiger partial charge in [-0.15, -0.1) is 20.4 Å². The predicted molar refractivity (Wildman–Crippen MR) is 442 cm³/mol. The minimum atomic E-state index is -1.55. The molecule has 0 aliphatic rings. The number of aliphatic hydroxyl groups excluding tert-OH is 6. The highest BCUT2D eigenvalue weighted by Gasteiger charge is 2.34. The van der Waals surface area contributed by atoms with E-state index < -0.39 is 188 Å². The molecule has 0 aliphatic carbocycles. The van der Waals surface area contributed by atoms with Crippen LogP contribution in [0.3, 0.4) is 0 Å². The number of para-hydroxylation sites is 1. The van der Waals surface area contributed by atoms with E-state index in [-0.39, 0.29) is 111 Å². The maximum Gasteiger partial charge on any atom is 0.328 e. The second kappa shape index (κ2) is 55.5. The van der Waals surface area contributed by atoms with Gasteiger partial charge in [-0.2, -0.15) is 15.0 Å². The number of rotatable bonds is 45. The number of unbranched alkanes of at least 4 members (excludes halogenated alkanes) is 2. The molecule has 5 aromatic heterocycles. The number of primary amides is 5. The van der Waals surface area contributed by atoms with Crippen molar-refractivity contribution in [1.82, 2.24) is 93.4 Å². The van der Waals surface area contributed by atoms with Crippen LogP contribution in [-0.4, -0.2) is 249 Å². The van der Waals surface area contributed by atoms with E-state index in [0.29, 0.717) is 23.3 Å². The van der Waals surface area contributed by atoms with E-state index in [1.165, 1.54) is 21.0 Å². The first kappa shape index (κ1) is 109. The quantitative estimate of drug-likeness (QED) is 0.0163. The number of methoxy groups -OCH3 is 1. The van der Waals surface area contributed by atoms with Gasteiger partial charge in [0.1, 0.15) is 42.0 Å². The van der Waals surface area contributed by atoms with E-state index in [9.17, 15) is 77.6 Å². The monoisotopic (exact) mass is 1840 g/mol. The highest BCUT2D eigenvalue weighted by molar-refractivity contribution is 5.86. The molecule has 3 aromatic carbocycles. The summed E-state index contributed by atoms with van der Waals surface area (Å²) in [6.07, 6.45) is -0.922. The fourth-order valence-electron chi connectivity index (χ4n) is 10.3. The molecular formula is C74H107N27O29. The van der Waals surface area contributed by atoms with Crippen LogP contribution in [0.2, 0.25) is 0 Å². The molecule has 14 atom stereocenters. The summed E-state index contributed by atoms with van der Waals surface area (Å²) in [5.41, 5.74) is 51.1. The zero-order chi connectivity index (χ0) is 96.3. The standard InChI is InChI=1S/C22H23N5O6.C20H27N5O6.C13H22N6O7.C11H18N6O7.C7H13N5O3.CH4/c1-12(28)18(21(30)31)25-22(32)24-16(11-17(23)29)20-26-19(27-33-20)15-9-7-14(8-10-15)13-5-3-2-4-6-13;1-3-4-5-9-13(19(27)28)22-20(29)23-14(11-16(21)26)18-25-24-17(31-18)12-8-6-7-10-15(12)30-2;1-5(21)9(15)11-19-18-10(26-11)6(2-3-8(14)22)16-13(25)17-7(4-20)12(23)24;12-4(2-18)8-16-9(24-17-8)5(1-7(13)20)14-11(23)15-6(3-19)10(21)22;8-3(1-5(10)14)7-11-6(12-15-7)4(9)2-13;/h2-10,12,16,18,28H,11H2,1H3,(H2,23,29)(H,30,31)(H2,24,25,32);6-8,10,13-14H,3-5,9,11H2,1-2H3,(H2,21,26)(H,27,28)(H2,22,23,29);5-7,9,20-21H,2-4,15H2,1H3,(H2,14,22)(H,23,24)(H2,16,17,25);4-6,18-19H,1-3,12H2,(H2,13,20)(H,21,22)(H2,14,15,23);3-4,13H,1-2,8-9H2,(H2,10,14);1H4/t12-,16+,18+;13-,14-;5-,6+,7+,9+;4-,5-,6-;3-,4-;/m10100./s1. The molecule has 56 heteroatoms. The van der Waals surface area contributed by atoms with Crippen LogP contribution in [0, 0.1) is 0 Å². The number of aliphatic carboxylic acids is 4. The van der Waals surface area contributed by atoms with E-state index in [1.54, 1.807) is 36.4 Å². The topological polar surface area (TPSA) is 958 Å².